The van der Waals surface area contributed by atoms with Crippen LogP contribution >= 0.6 is 0 Å². The molecule has 0 aliphatic rings. The average Bonchev–Trinajstić information content (AvgIpc) is 2.80. The van der Waals surface area contributed by atoms with E-state index < -0.39 is 23.9 Å². The van der Waals surface area contributed by atoms with Crippen LogP contribution in [0.4, 0.5) is 0 Å². The Labute approximate surface area is 141 Å². The summed E-state index contributed by atoms with van der Waals surface area (Å²) in [6.45, 7) is 10.7. The zero-order valence-electron chi connectivity index (χ0n) is 14.5. The van der Waals surface area contributed by atoms with Crippen LogP contribution in [0.15, 0.2) is 18.7 Å². The molecule has 0 bridgehead atoms. The molecule has 7 heteroatoms. The maximum atomic E-state index is 12.1. The molecule has 1 aromatic rings. The summed E-state index contributed by atoms with van der Waals surface area (Å²) in [6, 6.07) is 1.67. The fourth-order valence-corrected chi connectivity index (χ4v) is 2.19. The van der Waals surface area contributed by atoms with Crippen molar-refractivity contribution < 1.29 is 23.9 Å². The Balaban J connectivity index is 2.75. The average molecular weight is 336 g/mol. The van der Waals surface area contributed by atoms with Gasteiger partial charge in [-0.3, -0.25) is 9.59 Å². The minimum absolute atomic E-state index is 0.0872. The number of ether oxygens (including phenoxy) is 2. The maximum Gasteiger partial charge on any atom is 0.339 e. The number of aryl methyl sites for hydroxylation is 1. The van der Waals surface area contributed by atoms with E-state index >= 15 is 0 Å². The van der Waals surface area contributed by atoms with E-state index in [1.165, 1.54) is 13.0 Å². The first-order valence-electron chi connectivity index (χ1n) is 7.73. The first-order chi connectivity index (χ1) is 11.3. The number of carbonyl (C=O) groups excluding carboxylic acids is 3. The zero-order chi connectivity index (χ0) is 18.3. The summed E-state index contributed by atoms with van der Waals surface area (Å²) in [6.07, 6.45) is 0.633. The Hall–Kier alpha value is -2.57. The third-order valence-corrected chi connectivity index (χ3v) is 3.45. The summed E-state index contributed by atoms with van der Waals surface area (Å²) in [7, 11) is 0. The fourth-order valence-electron chi connectivity index (χ4n) is 2.19. The molecule has 0 saturated heterocycles. The van der Waals surface area contributed by atoms with Crippen LogP contribution in [0.5, 0.6) is 0 Å². The van der Waals surface area contributed by atoms with Crippen molar-refractivity contribution in [3.05, 3.63) is 35.7 Å². The second-order valence-electron chi connectivity index (χ2n) is 5.26. The van der Waals surface area contributed by atoms with Gasteiger partial charge < -0.3 is 19.4 Å². The smallest absolute Gasteiger partial charge is 0.339 e. The molecule has 0 fully saturated rings. The van der Waals surface area contributed by atoms with E-state index in [4.69, 9.17) is 9.47 Å². The molecular formula is C17H24N2O5. The fraction of sp³-hybridized carbons (Fsp3) is 0.471. The van der Waals surface area contributed by atoms with Crippen molar-refractivity contribution >= 4 is 17.8 Å². The van der Waals surface area contributed by atoms with Crippen molar-refractivity contribution in [3.63, 3.8) is 0 Å². The number of nitrogens with one attached hydrogen (secondary N) is 1. The lowest BCUT2D eigenvalue weighted by atomic mass is 10.2. The quantitative estimate of drug-likeness (QED) is 0.574. The number of rotatable bonds is 8. The van der Waals surface area contributed by atoms with Gasteiger partial charge in [-0.2, -0.15) is 0 Å². The summed E-state index contributed by atoms with van der Waals surface area (Å²) in [5.41, 5.74) is 1.77. The van der Waals surface area contributed by atoms with E-state index in [-0.39, 0.29) is 13.2 Å². The van der Waals surface area contributed by atoms with Gasteiger partial charge in [0, 0.05) is 17.9 Å². The molecule has 1 amide bonds. The number of hydrogen-bond acceptors (Lipinski definition) is 5. The SMILES string of the molecule is C=CCNC(=O)[C@@H](C)OC(=O)Cn1c(C)cc(C(=O)OCC)c1C. The zero-order valence-corrected chi connectivity index (χ0v) is 14.5. The van der Waals surface area contributed by atoms with Gasteiger partial charge in [-0.05, 0) is 33.8 Å². The van der Waals surface area contributed by atoms with Crippen LogP contribution in [-0.4, -0.2) is 41.7 Å². The minimum Gasteiger partial charge on any atom is -0.462 e. The highest BCUT2D eigenvalue weighted by molar-refractivity contribution is 5.91. The van der Waals surface area contributed by atoms with Crippen LogP contribution in [-0.2, 0) is 25.6 Å². The first-order valence-corrected chi connectivity index (χ1v) is 7.73. The van der Waals surface area contributed by atoms with Gasteiger partial charge in [0.2, 0.25) is 0 Å². The highest BCUT2D eigenvalue weighted by Gasteiger charge is 2.21. The first kappa shape index (κ1) is 19.5. The lowest BCUT2D eigenvalue weighted by molar-refractivity contribution is -0.155. The van der Waals surface area contributed by atoms with Crippen LogP contribution < -0.4 is 5.32 Å². The molecule has 0 aliphatic carbocycles. The molecular weight excluding hydrogens is 312 g/mol. The molecule has 1 heterocycles. The molecule has 132 valence electrons. The normalized spacial score (nSPS) is 11.5. The molecule has 1 rings (SSSR count). The van der Waals surface area contributed by atoms with Gasteiger partial charge in [0.15, 0.2) is 6.10 Å². The van der Waals surface area contributed by atoms with Gasteiger partial charge in [0.1, 0.15) is 6.54 Å². The number of esters is 2. The summed E-state index contributed by atoms with van der Waals surface area (Å²) in [5.74, 6) is -1.38. The van der Waals surface area contributed by atoms with Crippen molar-refractivity contribution in [2.45, 2.75) is 40.3 Å². The number of hydrogen-bond donors (Lipinski definition) is 1. The van der Waals surface area contributed by atoms with Crippen LogP contribution in [0, 0.1) is 13.8 Å². The third kappa shape index (κ3) is 4.97. The van der Waals surface area contributed by atoms with Gasteiger partial charge >= 0.3 is 11.9 Å². The second-order valence-corrected chi connectivity index (χ2v) is 5.26. The third-order valence-electron chi connectivity index (χ3n) is 3.45. The standard InChI is InChI=1S/C17H24N2O5/c1-6-8-18-16(21)13(5)24-15(20)10-19-11(3)9-14(12(19)4)17(22)23-7-2/h6,9,13H,1,7-8,10H2,2-5H3,(H,18,21)/t13-/m1/s1. The highest BCUT2D eigenvalue weighted by atomic mass is 16.5. The molecule has 0 spiro atoms. The molecule has 0 radical (unpaired) electrons. The van der Waals surface area contributed by atoms with Crippen LogP contribution in [0.3, 0.4) is 0 Å². The number of aromatic nitrogens is 1. The van der Waals surface area contributed by atoms with E-state index in [9.17, 15) is 14.4 Å². The van der Waals surface area contributed by atoms with E-state index in [0.717, 1.165) is 5.69 Å². The molecule has 1 aromatic heterocycles. The van der Waals surface area contributed by atoms with Crippen molar-refractivity contribution in [1.29, 1.82) is 0 Å². The van der Waals surface area contributed by atoms with Gasteiger partial charge in [-0.25, -0.2) is 4.79 Å². The predicted octanol–water partition coefficient (Wildman–Crippen LogP) is 1.52. The predicted molar refractivity (Wildman–Crippen MR) is 88.6 cm³/mol. The van der Waals surface area contributed by atoms with Crippen molar-refractivity contribution in [1.82, 2.24) is 9.88 Å². The van der Waals surface area contributed by atoms with E-state index in [1.54, 1.807) is 31.4 Å². The summed E-state index contributed by atoms with van der Waals surface area (Å²) >= 11 is 0. The Morgan fingerprint density at radius 2 is 2.04 bits per heavy atom. The summed E-state index contributed by atoms with van der Waals surface area (Å²) in [5, 5.41) is 2.55. The largest absolute Gasteiger partial charge is 0.462 e. The molecule has 0 unspecified atom stereocenters. The van der Waals surface area contributed by atoms with Gasteiger partial charge in [-0.15, -0.1) is 6.58 Å². The number of nitrogens with zero attached hydrogens (tertiary/aromatic N) is 1. The Morgan fingerprint density at radius 3 is 2.62 bits per heavy atom. The Bertz CT molecular complexity index is 633. The highest BCUT2D eigenvalue weighted by Crippen LogP contribution is 2.16. The molecule has 1 atom stereocenters. The van der Waals surface area contributed by atoms with Gasteiger partial charge in [0.25, 0.3) is 5.91 Å². The van der Waals surface area contributed by atoms with E-state index in [0.29, 0.717) is 17.8 Å². The summed E-state index contributed by atoms with van der Waals surface area (Å²) in [4.78, 5) is 35.6. The van der Waals surface area contributed by atoms with Crippen LogP contribution in [0.25, 0.3) is 0 Å². The Kier molecular flexibility index (Phi) is 7.23. The summed E-state index contributed by atoms with van der Waals surface area (Å²) < 4.78 is 11.8. The topological polar surface area (TPSA) is 86.6 Å². The molecule has 7 nitrogen and oxygen atoms in total. The van der Waals surface area contributed by atoms with Crippen LogP contribution in [0.1, 0.15) is 35.6 Å². The van der Waals surface area contributed by atoms with Crippen molar-refractivity contribution in [3.8, 4) is 0 Å². The minimum atomic E-state index is -0.904. The molecule has 0 aromatic carbocycles. The molecule has 0 aliphatic heterocycles. The maximum absolute atomic E-state index is 12.1. The van der Waals surface area contributed by atoms with Crippen molar-refractivity contribution in [2.75, 3.05) is 13.2 Å². The van der Waals surface area contributed by atoms with Gasteiger partial charge in [-0.1, -0.05) is 6.08 Å². The van der Waals surface area contributed by atoms with E-state index in [2.05, 4.69) is 11.9 Å². The van der Waals surface area contributed by atoms with Crippen molar-refractivity contribution in [2.24, 2.45) is 0 Å². The van der Waals surface area contributed by atoms with Crippen LogP contribution in [0.2, 0.25) is 0 Å². The van der Waals surface area contributed by atoms with E-state index in [1.807, 2.05) is 0 Å². The lowest BCUT2D eigenvalue weighted by Crippen LogP contribution is -2.36. The number of amides is 1. The monoisotopic (exact) mass is 336 g/mol. The van der Waals surface area contributed by atoms with Gasteiger partial charge in [0.05, 0.1) is 12.2 Å². The molecule has 24 heavy (non-hydrogen) atoms. The number of carbonyl (C=O) groups is 3. The Morgan fingerprint density at radius 1 is 1.38 bits per heavy atom. The second kappa shape index (κ2) is 8.90. The lowest BCUT2D eigenvalue weighted by Gasteiger charge is -2.14. The molecule has 0 saturated carbocycles. The molecule has 1 N–H and O–H groups in total.